The van der Waals surface area contributed by atoms with Crippen molar-refractivity contribution in [1.82, 2.24) is 15.0 Å². The molecule has 3 heteroatoms. The smallest absolute Gasteiger partial charge is 0.0830 e. The number of aromatic nitrogens is 3. The standard InChI is InChI=1S/C13H17N3/c1-2-10-16-11-13(14-15-16)9-8-12-6-4-3-5-7-12/h3-7,11H,2,8-10H2,1H3. The van der Waals surface area contributed by atoms with Gasteiger partial charge in [-0.05, 0) is 24.8 Å². The van der Waals surface area contributed by atoms with Crippen molar-refractivity contribution in [1.29, 1.82) is 0 Å². The van der Waals surface area contributed by atoms with E-state index in [0.29, 0.717) is 0 Å². The summed E-state index contributed by atoms with van der Waals surface area (Å²) in [6, 6.07) is 10.5. The van der Waals surface area contributed by atoms with Gasteiger partial charge in [-0.1, -0.05) is 42.5 Å². The van der Waals surface area contributed by atoms with Crippen molar-refractivity contribution < 1.29 is 0 Å². The van der Waals surface area contributed by atoms with Crippen LogP contribution in [0.2, 0.25) is 0 Å². The minimum Gasteiger partial charge on any atom is -0.252 e. The first-order chi connectivity index (χ1) is 7.88. The Kier molecular flexibility index (Phi) is 3.70. The summed E-state index contributed by atoms with van der Waals surface area (Å²) in [5, 5.41) is 8.25. The second kappa shape index (κ2) is 5.45. The summed E-state index contributed by atoms with van der Waals surface area (Å²) in [5.74, 6) is 0. The van der Waals surface area contributed by atoms with Gasteiger partial charge in [0.1, 0.15) is 0 Å². The lowest BCUT2D eigenvalue weighted by Gasteiger charge is -1.97. The van der Waals surface area contributed by atoms with Crippen molar-refractivity contribution in [2.45, 2.75) is 32.7 Å². The Labute approximate surface area is 96.1 Å². The van der Waals surface area contributed by atoms with E-state index in [-0.39, 0.29) is 0 Å². The lowest BCUT2D eigenvalue weighted by molar-refractivity contribution is 0.579. The third-order valence-corrected chi connectivity index (χ3v) is 2.55. The zero-order valence-electron chi connectivity index (χ0n) is 9.63. The molecule has 3 nitrogen and oxygen atoms in total. The van der Waals surface area contributed by atoms with Gasteiger partial charge in [-0.15, -0.1) is 5.10 Å². The molecule has 0 aliphatic heterocycles. The minimum absolute atomic E-state index is 0.957. The molecule has 1 aromatic carbocycles. The lowest BCUT2D eigenvalue weighted by Crippen LogP contribution is -1.96. The molecule has 1 aromatic heterocycles. The third-order valence-electron chi connectivity index (χ3n) is 2.55. The highest BCUT2D eigenvalue weighted by Gasteiger charge is 2.00. The fourth-order valence-electron chi connectivity index (χ4n) is 1.71. The van der Waals surface area contributed by atoms with E-state index in [2.05, 4.69) is 41.5 Å². The van der Waals surface area contributed by atoms with Crippen LogP contribution >= 0.6 is 0 Å². The van der Waals surface area contributed by atoms with E-state index in [1.807, 2.05) is 16.9 Å². The van der Waals surface area contributed by atoms with Crippen LogP contribution in [0.3, 0.4) is 0 Å². The van der Waals surface area contributed by atoms with E-state index < -0.39 is 0 Å². The van der Waals surface area contributed by atoms with Crippen LogP contribution in [0.15, 0.2) is 36.5 Å². The first-order valence-electron chi connectivity index (χ1n) is 5.81. The highest BCUT2D eigenvalue weighted by molar-refractivity contribution is 5.15. The second-order valence-electron chi connectivity index (χ2n) is 3.96. The maximum absolute atomic E-state index is 4.16. The van der Waals surface area contributed by atoms with E-state index in [4.69, 9.17) is 0 Å². The van der Waals surface area contributed by atoms with Crippen LogP contribution in [0.5, 0.6) is 0 Å². The molecule has 0 spiro atoms. The summed E-state index contributed by atoms with van der Waals surface area (Å²) in [6.07, 6.45) is 5.15. The van der Waals surface area contributed by atoms with Gasteiger partial charge in [-0.2, -0.15) is 0 Å². The molecule has 0 atom stereocenters. The van der Waals surface area contributed by atoms with Gasteiger partial charge in [0, 0.05) is 12.7 Å². The molecule has 0 fully saturated rings. The van der Waals surface area contributed by atoms with Gasteiger partial charge < -0.3 is 0 Å². The SMILES string of the molecule is CCCn1cc(CCc2ccccc2)nn1. The Balaban J connectivity index is 1.89. The Bertz CT molecular complexity index is 420. The Morgan fingerprint density at radius 1 is 1.12 bits per heavy atom. The highest BCUT2D eigenvalue weighted by atomic mass is 15.4. The van der Waals surface area contributed by atoms with Crippen molar-refractivity contribution in [2.24, 2.45) is 0 Å². The molecule has 0 N–H and O–H groups in total. The first-order valence-corrected chi connectivity index (χ1v) is 5.81. The van der Waals surface area contributed by atoms with Crippen LogP contribution in [0.25, 0.3) is 0 Å². The molecule has 2 rings (SSSR count). The number of aryl methyl sites for hydroxylation is 3. The van der Waals surface area contributed by atoms with E-state index in [1.165, 1.54) is 5.56 Å². The average Bonchev–Trinajstić information content (AvgIpc) is 2.76. The van der Waals surface area contributed by atoms with Crippen molar-refractivity contribution in [2.75, 3.05) is 0 Å². The van der Waals surface area contributed by atoms with Gasteiger partial charge in [0.15, 0.2) is 0 Å². The van der Waals surface area contributed by atoms with Crippen LogP contribution < -0.4 is 0 Å². The van der Waals surface area contributed by atoms with Crippen molar-refractivity contribution >= 4 is 0 Å². The zero-order valence-corrected chi connectivity index (χ0v) is 9.63. The molecule has 0 aliphatic rings. The molecule has 0 amide bonds. The van der Waals surface area contributed by atoms with E-state index >= 15 is 0 Å². The van der Waals surface area contributed by atoms with Gasteiger partial charge >= 0.3 is 0 Å². The molecule has 0 aliphatic carbocycles. The molecule has 0 saturated heterocycles. The normalized spacial score (nSPS) is 10.6. The molecule has 84 valence electrons. The van der Waals surface area contributed by atoms with Gasteiger partial charge in [-0.3, -0.25) is 4.68 Å². The predicted octanol–water partition coefficient (Wildman–Crippen LogP) is 2.47. The number of hydrogen-bond acceptors (Lipinski definition) is 2. The van der Waals surface area contributed by atoms with Gasteiger partial charge in [0.2, 0.25) is 0 Å². The summed E-state index contributed by atoms with van der Waals surface area (Å²) < 4.78 is 1.92. The lowest BCUT2D eigenvalue weighted by atomic mass is 10.1. The van der Waals surface area contributed by atoms with Crippen LogP contribution in [0, 0.1) is 0 Å². The fraction of sp³-hybridized carbons (Fsp3) is 0.385. The molecule has 0 radical (unpaired) electrons. The first kappa shape index (κ1) is 10.9. The summed E-state index contributed by atoms with van der Waals surface area (Å²) in [7, 11) is 0. The number of benzene rings is 1. The second-order valence-corrected chi connectivity index (χ2v) is 3.96. The van der Waals surface area contributed by atoms with Crippen LogP contribution in [0.4, 0.5) is 0 Å². The van der Waals surface area contributed by atoms with Gasteiger partial charge in [0.05, 0.1) is 5.69 Å². The molecule has 2 aromatic rings. The fourth-order valence-corrected chi connectivity index (χ4v) is 1.71. The molecule has 0 unspecified atom stereocenters. The number of rotatable bonds is 5. The molecule has 0 saturated carbocycles. The Hall–Kier alpha value is -1.64. The topological polar surface area (TPSA) is 30.7 Å². The van der Waals surface area contributed by atoms with Crippen LogP contribution in [-0.4, -0.2) is 15.0 Å². The van der Waals surface area contributed by atoms with Gasteiger partial charge in [0.25, 0.3) is 0 Å². The van der Waals surface area contributed by atoms with E-state index in [1.54, 1.807) is 0 Å². The Morgan fingerprint density at radius 2 is 1.94 bits per heavy atom. The van der Waals surface area contributed by atoms with E-state index in [0.717, 1.165) is 31.5 Å². The third kappa shape index (κ3) is 2.92. The molecular weight excluding hydrogens is 198 g/mol. The van der Waals surface area contributed by atoms with E-state index in [9.17, 15) is 0 Å². The summed E-state index contributed by atoms with van der Waals surface area (Å²) >= 11 is 0. The monoisotopic (exact) mass is 215 g/mol. The molecule has 1 heterocycles. The largest absolute Gasteiger partial charge is 0.252 e. The van der Waals surface area contributed by atoms with Crippen LogP contribution in [-0.2, 0) is 19.4 Å². The summed E-state index contributed by atoms with van der Waals surface area (Å²) in [4.78, 5) is 0. The predicted molar refractivity (Wildman–Crippen MR) is 64.2 cm³/mol. The number of hydrogen-bond donors (Lipinski definition) is 0. The molecule has 0 bridgehead atoms. The molecule has 16 heavy (non-hydrogen) atoms. The van der Waals surface area contributed by atoms with Crippen molar-refractivity contribution in [3.05, 3.63) is 47.8 Å². The quantitative estimate of drug-likeness (QED) is 0.767. The molecular formula is C13H17N3. The minimum atomic E-state index is 0.957. The maximum Gasteiger partial charge on any atom is 0.0830 e. The van der Waals surface area contributed by atoms with Gasteiger partial charge in [-0.25, -0.2) is 0 Å². The highest BCUT2D eigenvalue weighted by Crippen LogP contribution is 2.04. The summed E-state index contributed by atoms with van der Waals surface area (Å²) in [6.45, 7) is 3.10. The Morgan fingerprint density at radius 3 is 2.69 bits per heavy atom. The average molecular weight is 215 g/mol. The summed E-state index contributed by atoms with van der Waals surface area (Å²) in [5.41, 5.74) is 2.44. The van der Waals surface area contributed by atoms with Crippen LogP contribution in [0.1, 0.15) is 24.6 Å². The van der Waals surface area contributed by atoms with Crippen molar-refractivity contribution in [3.63, 3.8) is 0 Å². The maximum atomic E-state index is 4.16. The van der Waals surface area contributed by atoms with Crippen molar-refractivity contribution in [3.8, 4) is 0 Å². The zero-order chi connectivity index (χ0) is 11.2. The number of nitrogens with zero attached hydrogens (tertiary/aromatic N) is 3.